The number of hydrogen-bond acceptors (Lipinski definition) is 4. The Morgan fingerprint density at radius 3 is 2.00 bits per heavy atom. The van der Waals surface area contributed by atoms with Gasteiger partial charge in [-0.15, -0.1) is 34.6 Å². The lowest BCUT2D eigenvalue weighted by molar-refractivity contribution is 1.59. The lowest BCUT2D eigenvalue weighted by atomic mass is 11.0. The van der Waals surface area contributed by atoms with Gasteiger partial charge in [0.05, 0.1) is 0 Å². The molecule has 0 nitrogen and oxygen atoms in total. The smallest absolute Gasteiger partial charge is 0.00655 e. The Balaban J connectivity index is 2.57. The number of rotatable bonds is 0. The first-order chi connectivity index (χ1) is 3.21. The minimum absolute atomic E-state index is 1.19. The zero-order valence-corrected chi connectivity index (χ0v) is 7.65. The zero-order chi connectivity index (χ0) is 5.33. The molecule has 0 radical (unpaired) electrons. The largest absolute Gasteiger partial charge is 0.726 e. The number of hydrogen-bond donors (Lipinski definition) is 0. The maximum absolute atomic E-state index is 5.06. The molecule has 0 aromatic heterocycles. The Labute approximate surface area is 61.9 Å². The van der Waals surface area contributed by atoms with Crippen LogP contribution in [-0.2, 0) is 24.1 Å². The summed E-state index contributed by atoms with van der Waals surface area (Å²) >= 11 is 13.7. The summed E-state index contributed by atoms with van der Waals surface area (Å²) in [5.74, 6) is 2.37. The molecule has 0 unspecified atom stereocenters. The van der Waals surface area contributed by atoms with Gasteiger partial charge in [0.15, 0.2) is 0 Å². The molecule has 1 saturated heterocycles. The Bertz CT molecular complexity index is 100. The van der Waals surface area contributed by atoms with Gasteiger partial charge in [-0.3, -0.25) is 0 Å². The van der Waals surface area contributed by atoms with Crippen LogP contribution in [0.1, 0.15) is 0 Å². The van der Waals surface area contributed by atoms with Crippen LogP contribution < -0.4 is 0 Å². The van der Waals surface area contributed by atoms with E-state index in [-0.39, 0.29) is 0 Å². The molecule has 0 atom stereocenters. The Morgan fingerprint density at radius 1 is 1.43 bits per heavy atom. The maximum Gasteiger partial charge on any atom is 0.00655 e. The minimum atomic E-state index is -1.29. The summed E-state index contributed by atoms with van der Waals surface area (Å²) in [6.45, 7) is 0. The summed E-state index contributed by atoms with van der Waals surface area (Å²) in [6.07, 6.45) is 0. The zero-order valence-electron chi connectivity index (χ0n) is 3.49. The van der Waals surface area contributed by atoms with Crippen LogP contribution >= 0.6 is 26.4 Å². The Kier molecular flexibility index (Phi) is 2.46. The van der Waals surface area contributed by atoms with E-state index in [0.29, 0.717) is 0 Å². The fourth-order valence-corrected chi connectivity index (χ4v) is 9.06. The second-order valence-electron chi connectivity index (χ2n) is 1.11. The van der Waals surface area contributed by atoms with Gasteiger partial charge in [-0.25, -0.2) is 0 Å². The van der Waals surface area contributed by atoms with Crippen molar-refractivity contribution in [2.24, 2.45) is 0 Å². The molecule has 7 heavy (non-hydrogen) atoms. The third kappa shape index (κ3) is 2.19. The summed E-state index contributed by atoms with van der Waals surface area (Å²) in [5.41, 5.74) is 0. The lowest BCUT2D eigenvalue weighted by Gasteiger charge is -2.17. The van der Waals surface area contributed by atoms with Crippen molar-refractivity contribution >= 4 is 50.5 Å². The van der Waals surface area contributed by atoms with E-state index in [9.17, 15) is 0 Å². The average molecular weight is 187 g/mol. The molecule has 0 amide bonds. The van der Waals surface area contributed by atoms with Gasteiger partial charge < -0.3 is 12.2 Å². The standard InChI is InChI=1S/C2H5PS4/c4-3(5)6-1-2-7-3/h1-2H2,(H,4,5)/p-1. The molecule has 1 rings (SSSR count). The van der Waals surface area contributed by atoms with Crippen LogP contribution in [0.3, 0.4) is 0 Å². The van der Waals surface area contributed by atoms with Crippen LogP contribution in [0.4, 0.5) is 0 Å². The molecule has 5 heteroatoms. The van der Waals surface area contributed by atoms with Gasteiger partial charge in [-0.2, -0.15) is 0 Å². The highest BCUT2D eigenvalue weighted by atomic mass is 33.5. The second-order valence-corrected chi connectivity index (χ2v) is 15.6. The molecule has 1 aliphatic heterocycles. The van der Waals surface area contributed by atoms with Gasteiger partial charge in [-0.1, -0.05) is 3.64 Å². The van der Waals surface area contributed by atoms with Gasteiger partial charge in [0.2, 0.25) is 0 Å². The molecule has 42 valence electrons. The van der Waals surface area contributed by atoms with Crippen LogP contribution in [0.25, 0.3) is 0 Å². The Morgan fingerprint density at radius 2 is 1.86 bits per heavy atom. The summed E-state index contributed by atoms with van der Waals surface area (Å²) in [7, 11) is 0. The van der Waals surface area contributed by atoms with Gasteiger partial charge in [0, 0.05) is 11.5 Å². The molecule has 1 aliphatic rings. The first-order valence-electron chi connectivity index (χ1n) is 1.81. The fourth-order valence-electron chi connectivity index (χ4n) is 0.335. The van der Waals surface area contributed by atoms with Crippen molar-refractivity contribution in [1.82, 2.24) is 0 Å². The highest BCUT2D eigenvalue weighted by molar-refractivity contribution is 9.18. The van der Waals surface area contributed by atoms with Crippen molar-refractivity contribution < 1.29 is 0 Å². The van der Waals surface area contributed by atoms with E-state index >= 15 is 0 Å². The van der Waals surface area contributed by atoms with Crippen molar-refractivity contribution in [1.29, 1.82) is 0 Å². The fraction of sp³-hybridized carbons (Fsp3) is 1.00. The predicted molar refractivity (Wildman–Crippen MR) is 46.6 cm³/mol. The third-order valence-corrected chi connectivity index (χ3v) is 10.9. The molecular formula is C2H4PS4-. The monoisotopic (exact) mass is 187 g/mol. The summed E-state index contributed by atoms with van der Waals surface area (Å²) in [4.78, 5) is 0. The van der Waals surface area contributed by atoms with Crippen molar-refractivity contribution in [2.75, 3.05) is 11.5 Å². The van der Waals surface area contributed by atoms with Gasteiger partial charge >= 0.3 is 0 Å². The molecule has 0 saturated carbocycles. The summed E-state index contributed by atoms with van der Waals surface area (Å²) in [5, 5.41) is 0. The molecule has 0 aromatic carbocycles. The molecule has 0 aromatic rings. The van der Waals surface area contributed by atoms with E-state index in [4.69, 9.17) is 24.1 Å². The predicted octanol–water partition coefficient (Wildman–Crippen LogP) is 2.24. The molecule has 0 spiro atoms. The minimum Gasteiger partial charge on any atom is -0.726 e. The van der Waals surface area contributed by atoms with Crippen molar-refractivity contribution in [3.8, 4) is 0 Å². The first-order valence-corrected chi connectivity index (χ1v) is 8.80. The third-order valence-electron chi connectivity index (χ3n) is 0.582. The van der Waals surface area contributed by atoms with Gasteiger partial charge in [0.25, 0.3) is 0 Å². The quantitative estimate of drug-likeness (QED) is 0.421. The molecule has 1 fully saturated rings. The summed E-state index contributed by atoms with van der Waals surface area (Å²) in [6, 6.07) is 0. The van der Waals surface area contributed by atoms with E-state index in [1.54, 1.807) is 22.8 Å². The van der Waals surface area contributed by atoms with Gasteiger partial charge in [-0.05, 0) is 0 Å². The second kappa shape index (κ2) is 2.53. The van der Waals surface area contributed by atoms with E-state index in [0.717, 1.165) is 0 Å². The normalized spacial score (nSPS) is 28.1. The van der Waals surface area contributed by atoms with Crippen LogP contribution in [0.2, 0.25) is 0 Å². The van der Waals surface area contributed by atoms with E-state index in [2.05, 4.69) is 0 Å². The first kappa shape index (κ1) is 6.81. The molecule has 0 N–H and O–H groups in total. The summed E-state index contributed by atoms with van der Waals surface area (Å²) < 4.78 is -1.29. The SMILES string of the molecule is S=P1([S-])SCCS1. The van der Waals surface area contributed by atoms with Gasteiger partial charge in [0.1, 0.15) is 0 Å². The molecule has 1 heterocycles. The molecule has 0 bridgehead atoms. The highest BCUT2D eigenvalue weighted by Gasteiger charge is 2.08. The maximum atomic E-state index is 5.06. The topological polar surface area (TPSA) is 0 Å². The average Bonchev–Trinajstić information content (AvgIpc) is 1.84. The van der Waals surface area contributed by atoms with Crippen LogP contribution in [-0.4, -0.2) is 11.5 Å². The lowest BCUT2D eigenvalue weighted by Crippen LogP contribution is -1.64. The van der Waals surface area contributed by atoms with Crippen molar-refractivity contribution in [2.45, 2.75) is 0 Å². The Hall–Kier alpha value is 1.70. The van der Waals surface area contributed by atoms with E-state index < -0.39 is 3.64 Å². The molecule has 0 aliphatic carbocycles. The van der Waals surface area contributed by atoms with Crippen LogP contribution in [0.5, 0.6) is 0 Å². The van der Waals surface area contributed by atoms with E-state index in [1.807, 2.05) is 0 Å². The van der Waals surface area contributed by atoms with Crippen molar-refractivity contribution in [3.05, 3.63) is 0 Å². The van der Waals surface area contributed by atoms with Crippen molar-refractivity contribution in [3.63, 3.8) is 0 Å². The molecular weight excluding hydrogens is 183 g/mol. The van der Waals surface area contributed by atoms with E-state index in [1.165, 1.54) is 11.5 Å². The highest BCUT2D eigenvalue weighted by Crippen LogP contribution is 2.71. The van der Waals surface area contributed by atoms with Crippen LogP contribution in [0, 0.1) is 0 Å². The van der Waals surface area contributed by atoms with Crippen LogP contribution in [0.15, 0.2) is 0 Å².